The summed E-state index contributed by atoms with van der Waals surface area (Å²) in [7, 11) is -3.82. The van der Waals surface area contributed by atoms with Crippen LogP contribution in [0.5, 0.6) is 5.75 Å². The average Bonchev–Trinajstić information content (AvgIpc) is 2.53. The van der Waals surface area contributed by atoms with Gasteiger partial charge in [0.05, 0.1) is 10.8 Å². The second-order valence-corrected chi connectivity index (χ2v) is 7.52. The molecule has 1 amide bonds. The maximum Gasteiger partial charge on any atom is 0.238 e. The Morgan fingerprint density at radius 3 is 2.79 bits per heavy atom. The number of fused-ring (bicyclic) bond motifs is 1. The van der Waals surface area contributed by atoms with Crippen LogP contribution in [0.15, 0.2) is 47.4 Å². The van der Waals surface area contributed by atoms with E-state index in [1.807, 2.05) is 0 Å². The molecule has 0 radical (unpaired) electrons. The fraction of sp³-hybridized carbons (Fsp3) is 0.188. The van der Waals surface area contributed by atoms with Crippen LogP contribution in [0.2, 0.25) is 5.02 Å². The predicted molar refractivity (Wildman–Crippen MR) is 90.6 cm³/mol. The predicted octanol–water partition coefficient (Wildman–Crippen LogP) is 2.18. The second-order valence-electron chi connectivity index (χ2n) is 5.53. The van der Waals surface area contributed by atoms with Crippen LogP contribution in [0.1, 0.15) is 5.56 Å². The van der Waals surface area contributed by atoms with Crippen LogP contribution >= 0.6 is 11.6 Å². The molecule has 0 unspecified atom stereocenters. The second kappa shape index (κ2) is 6.43. The quantitative estimate of drug-likeness (QED) is 0.869. The lowest BCUT2D eigenvalue weighted by molar-refractivity contribution is -0.121. The van der Waals surface area contributed by atoms with E-state index in [4.69, 9.17) is 21.5 Å². The van der Waals surface area contributed by atoms with Gasteiger partial charge in [0.2, 0.25) is 15.9 Å². The molecule has 3 rings (SSSR count). The molecule has 8 heteroatoms. The molecule has 0 fully saturated rings. The SMILES string of the molecule is NS(=O)(=O)c1cccc(NC(=O)[C@@H]2COc3ccc(Cl)cc3C2)c1. The van der Waals surface area contributed by atoms with Crippen molar-refractivity contribution in [2.24, 2.45) is 11.1 Å². The highest BCUT2D eigenvalue weighted by Crippen LogP contribution is 2.30. The third-order valence-corrected chi connectivity index (χ3v) is 4.88. The zero-order valence-corrected chi connectivity index (χ0v) is 14.1. The molecule has 0 aliphatic carbocycles. The summed E-state index contributed by atoms with van der Waals surface area (Å²) in [6, 6.07) is 11.1. The number of primary sulfonamides is 1. The summed E-state index contributed by atoms with van der Waals surface area (Å²) in [6.07, 6.45) is 0.497. The molecule has 0 aromatic heterocycles. The number of hydrogen-bond acceptors (Lipinski definition) is 4. The normalized spacial score (nSPS) is 16.8. The van der Waals surface area contributed by atoms with Crippen molar-refractivity contribution in [1.29, 1.82) is 0 Å². The maximum atomic E-state index is 12.4. The van der Waals surface area contributed by atoms with Crippen molar-refractivity contribution in [3.05, 3.63) is 53.1 Å². The Kier molecular flexibility index (Phi) is 4.49. The van der Waals surface area contributed by atoms with E-state index in [1.54, 1.807) is 24.3 Å². The smallest absolute Gasteiger partial charge is 0.238 e. The fourth-order valence-corrected chi connectivity index (χ4v) is 3.28. The molecular weight excluding hydrogens is 352 g/mol. The number of halogens is 1. The van der Waals surface area contributed by atoms with Crippen LogP contribution in [0.4, 0.5) is 5.69 Å². The first-order valence-electron chi connectivity index (χ1n) is 7.18. The molecule has 0 spiro atoms. The number of amides is 1. The van der Waals surface area contributed by atoms with Crippen molar-refractivity contribution in [2.45, 2.75) is 11.3 Å². The molecule has 0 saturated carbocycles. The van der Waals surface area contributed by atoms with Gasteiger partial charge in [0, 0.05) is 10.7 Å². The van der Waals surface area contributed by atoms with E-state index in [0.717, 1.165) is 11.3 Å². The first-order valence-corrected chi connectivity index (χ1v) is 9.10. The molecule has 1 aliphatic heterocycles. The molecule has 1 aliphatic rings. The van der Waals surface area contributed by atoms with Crippen LogP contribution < -0.4 is 15.2 Å². The molecule has 126 valence electrons. The third kappa shape index (κ3) is 3.69. The van der Waals surface area contributed by atoms with E-state index in [0.29, 0.717) is 17.1 Å². The number of anilines is 1. The van der Waals surface area contributed by atoms with Crippen molar-refractivity contribution in [2.75, 3.05) is 11.9 Å². The van der Waals surface area contributed by atoms with Crippen molar-refractivity contribution in [1.82, 2.24) is 0 Å². The molecule has 24 heavy (non-hydrogen) atoms. The Hall–Kier alpha value is -2.09. The summed E-state index contributed by atoms with van der Waals surface area (Å²) in [6.45, 7) is 0.245. The Morgan fingerprint density at radius 2 is 2.04 bits per heavy atom. The van der Waals surface area contributed by atoms with E-state index < -0.39 is 15.9 Å². The molecule has 2 aromatic rings. The van der Waals surface area contributed by atoms with E-state index in [-0.39, 0.29) is 17.4 Å². The molecule has 1 atom stereocenters. The Morgan fingerprint density at radius 1 is 1.25 bits per heavy atom. The summed E-state index contributed by atoms with van der Waals surface area (Å²) >= 11 is 5.97. The molecule has 2 aromatic carbocycles. The van der Waals surface area contributed by atoms with Crippen molar-refractivity contribution in [3.63, 3.8) is 0 Å². The number of sulfonamides is 1. The highest BCUT2D eigenvalue weighted by atomic mass is 35.5. The van der Waals surface area contributed by atoms with Gasteiger partial charge >= 0.3 is 0 Å². The van der Waals surface area contributed by atoms with Crippen LogP contribution in [-0.2, 0) is 21.2 Å². The van der Waals surface area contributed by atoms with Gasteiger partial charge in [0.25, 0.3) is 0 Å². The Balaban J connectivity index is 1.74. The minimum atomic E-state index is -3.82. The summed E-state index contributed by atoms with van der Waals surface area (Å²) in [5.41, 5.74) is 1.23. The maximum absolute atomic E-state index is 12.4. The van der Waals surface area contributed by atoms with Crippen molar-refractivity contribution in [3.8, 4) is 5.75 Å². The van der Waals surface area contributed by atoms with Crippen LogP contribution in [0.3, 0.4) is 0 Å². The van der Waals surface area contributed by atoms with Gasteiger partial charge in [0.1, 0.15) is 12.4 Å². The van der Waals surface area contributed by atoms with Gasteiger partial charge in [-0.15, -0.1) is 0 Å². The lowest BCUT2D eigenvalue weighted by Gasteiger charge is -2.24. The topological polar surface area (TPSA) is 98.5 Å². The average molecular weight is 367 g/mol. The van der Waals surface area contributed by atoms with Crippen molar-refractivity contribution < 1.29 is 17.9 Å². The van der Waals surface area contributed by atoms with E-state index in [9.17, 15) is 13.2 Å². The van der Waals surface area contributed by atoms with Gasteiger partial charge in [0.15, 0.2) is 0 Å². The van der Waals surface area contributed by atoms with Crippen LogP contribution in [0, 0.1) is 5.92 Å². The van der Waals surface area contributed by atoms with Gasteiger partial charge in [-0.1, -0.05) is 17.7 Å². The zero-order chi connectivity index (χ0) is 17.3. The number of carbonyl (C=O) groups excluding carboxylic acids is 1. The Labute approximate surface area is 144 Å². The van der Waals surface area contributed by atoms with Crippen molar-refractivity contribution >= 4 is 33.2 Å². The van der Waals surface area contributed by atoms with Gasteiger partial charge in [-0.05, 0) is 48.4 Å². The number of benzene rings is 2. The number of nitrogens with one attached hydrogen (secondary N) is 1. The molecule has 0 saturated heterocycles. The number of rotatable bonds is 3. The highest BCUT2D eigenvalue weighted by molar-refractivity contribution is 7.89. The minimum absolute atomic E-state index is 0.0580. The van der Waals surface area contributed by atoms with E-state index >= 15 is 0 Å². The van der Waals surface area contributed by atoms with E-state index in [2.05, 4.69) is 5.32 Å². The van der Waals surface area contributed by atoms with E-state index in [1.165, 1.54) is 18.2 Å². The number of hydrogen-bond donors (Lipinski definition) is 2. The summed E-state index contributed by atoms with van der Waals surface area (Å²) < 4.78 is 28.3. The number of ether oxygens (including phenoxy) is 1. The van der Waals surface area contributed by atoms with Crippen LogP contribution in [0.25, 0.3) is 0 Å². The standard InChI is InChI=1S/C16H15ClN2O4S/c17-12-4-5-15-10(7-12)6-11(9-23-15)16(20)19-13-2-1-3-14(8-13)24(18,21)22/h1-5,7-8,11H,6,9H2,(H,19,20)(H2,18,21,22)/t11-/m0/s1. The fourth-order valence-electron chi connectivity index (χ4n) is 2.53. The summed E-state index contributed by atoms with van der Waals surface area (Å²) in [4.78, 5) is 12.4. The lowest BCUT2D eigenvalue weighted by atomic mass is 9.96. The highest BCUT2D eigenvalue weighted by Gasteiger charge is 2.26. The van der Waals surface area contributed by atoms with Gasteiger partial charge in [-0.3, -0.25) is 4.79 Å². The number of nitrogens with two attached hydrogens (primary N) is 1. The molecule has 1 heterocycles. The summed E-state index contributed by atoms with van der Waals surface area (Å²) in [5.74, 6) is 0.0703. The van der Waals surface area contributed by atoms with Crippen LogP contribution in [-0.4, -0.2) is 20.9 Å². The molecule has 6 nitrogen and oxygen atoms in total. The first kappa shape index (κ1) is 16.8. The molecular formula is C16H15ClN2O4S. The van der Waals surface area contributed by atoms with Gasteiger partial charge in [-0.2, -0.15) is 0 Å². The van der Waals surface area contributed by atoms with Gasteiger partial charge in [-0.25, -0.2) is 13.6 Å². The molecule has 3 N–H and O–H groups in total. The minimum Gasteiger partial charge on any atom is -0.492 e. The lowest BCUT2D eigenvalue weighted by Crippen LogP contribution is -2.32. The zero-order valence-electron chi connectivity index (χ0n) is 12.5. The first-order chi connectivity index (χ1) is 11.3. The summed E-state index contributed by atoms with van der Waals surface area (Å²) in [5, 5.41) is 8.37. The third-order valence-electron chi connectivity index (χ3n) is 3.73. The monoisotopic (exact) mass is 366 g/mol. The molecule has 0 bridgehead atoms. The number of carbonyl (C=O) groups is 1. The largest absolute Gasteiger partial charge is 0.492 e. The Bertz CT molecular complexity index is 899. The van der Waals surface area contributed by atoms with Gasteiger partial charge < -0.3 is 10.1 Å².